The maximum atomic E-state index is 8.71. The molecule has 0 amide bonds. The van der Waals surface area contributed by atoms with E-state index in [1.54, 1.807) is 0 Å². The van der Waals surface area contributed by atoms with Crippen LogP contribution in [0.15, 0.2) is 48.5 Å². The van der Waals surface area contributed by atoms with Gasteiger partial charge in [-0.15, -0.1) is 0 Å². The number of nitrogens with one attached hydrogen (secondary N) is 1. The number of aryl methyl sites for hydroxylation is 1. The van der Waals surface area contributed by atoms with Crippen LogP contribution in [0.3, 0.4) is 0 Å². The lowest BCUT2D eigenvalue weighted by molar-refractivity contribution is 0.693. The molecule has 2 aromatic carbocycles. The maximum Gasteiger partial charge on any atom is 0.0991 e. The van der Waals surface area contributed by atoms with Gasteiger partial charge in [-0.3, -0.25) is 0 Å². The molecule has 0 aliphatic carbocycles. The van der Waals surface area contributed by atoms with Crippen molar-refractivity contribution >= 4 is 0 Å². The van der Waals surface area contributed by atoms with Gasteiger partial charge in [-0.2, -0.15) is 5.26 Å². The minimum absolute atomic E-state index is 0.706. The SMILES string of the molecule is Cc1ccc(CNCc2ccc(C#N)cc2)cc1. The molecular weight excluding hydrogens is 220 g/mol. The van der Waals surface area contributed by atoms with Gasteiger partial charge in [0.25, 0.3) is 0 Å². The van der Waals surface area contributed by atoms with Gasteiger partial charge >= 0.3 is 0 Å². The van der Waals surface area contributed by atoms with Crippen molar-refractivity contribution in [1.29, 1.82) is 5.26 Å². The molecule has 0 spiro atoms. The molecule has 1 N–H and O–H groups in total. The normalized spacial score (nSPS) is 10.0. The van der Waals surface area contributed by atoms with E-state index in [0.29, 0.717) is 5.56 Å². The first kappa shape index (κ1) is 12.3. The fourth-order valence-corrected chi connectivity index (χ4v) is 1.75. The van der Waals surface area contributed by atoms with E-state index < -0.39 is 0 Å². The van der Waals surface area contributed by atoms with Crippen LogP contribution in [0.4, 0.5) is 0 Å². The van der Waals surface area contributed by atoms with E-state index in [9.17, 15) is 0 Å². The molecule has 0 fully saturated rings. The summed E-state index contributed by atoms with van der Waals surface area (Å²) < 4.78 is 0. The second-order valence-corrected chi connectivity index (χ2v) is 4.40. The predicted octanol–water partition coefficient (Wildman–Crippen LogP) is 3.16. The van der Waals surface area contributed by atoms with Gasteiger partial charge in [0.2, 0.25) is 0 Å². The van der Waals surface area contributed by atoms with Crippen LogP contribution in [0.1, 0.15) is 22.3 Å². The van der Waals surface area contributed by atoms with Crippen molar-refractivity contribution in [1.82, 2.24) is 5.32 Å². The summed E-state index contributed by atoms with van der Waals surface area (Å²) in [6.45, 7) is 3.77. The van der Waals surface area contributed by atoms with Crippen molar-refractivity contribution in [3.8, 4) is 6.07 Å². The van der Waals surface area contributed by atoms with E-state index in [0.717, 1.165) is 13.1 Å². The van der Waals surface area contributed by atoms with Gasteiger partial charge in [0.1, 0.15) is 0 Å². The topological polar surface area (TPSA) is 35.8 Å². The molecule has 0 atom stereocenters. The maximum absolute atomic E-state index is 8.71. The summed E-state index contributed by atoms with van der Waals surface area (Å²) >= 11 is 0. The molecule has 0 aromatic heterocycles. The minimum atomic E-state index is 0.706. The Morgan fingerprint density at radius 1 is 0.889 bits per heavy atom. The van der Waals surface area contributed by atoms with Crippen LogP contribution in [-0.2, 0) is 13.1 Å². The summed E-state index contributed by atoms with van der Waals surface area (Å²) in [5.74, 6) is 0. The Kier molecular flexibility index (Phi) is 4.11. The van der Waals surface area contributed by atoms with Gasteiger partial charge in [-0.25, -0.2) is 0 Å². The first-order chi connectivity index (χ1) is 8.78. The Hall–Kier alpha value is -2.11. The Bertz CT molecular complexity index is 533. The molecule has 2 nitrogen and oxygen atoms in total. The van der Waals surface area contributed by atoms with Crippen LogP contribution >= 0.6 is 0 Å². The summed E-state index contributed by atoms with van der Waals surface area (Å²) in [6, 6.07) is 18.3. The first-order valence-corrected chi connectivity index (χ1v) is 6.03. The molecular formula is C16H16N2. The molecule has 0 unspecified atom stereocenters. The predicted molar refractivity (Wildman–Crippen MR) is 72.9 cm³/mol. The summed E-state index contributed by atoms with van der Waals surface area (Å²) in [5.41, 5.74) is 4.47. The number of benzene rings is 2. The molecule has 0 bridgehead atoms. The molecule has 2 rings (SSSR count). The zero-order chi connectivity index (χ0) is 12.8. The van der Waals surface area contributed by atoms with Crippen LogP contribution in [0.2, 0.25) is 0 Å². The molecule has 0 aliphatic heterocycles. The third kappa shape index (κ3) is 3.44. The van der Waals surface area contributed by atoms with Crippen LogP contribution < -0.4 is 5.32 Å². The van der Waals surface area contributed by atoms with E-state index in [-0.39, 0.29) is 0 Å². The van der Waals surface area contributed by atoms with Gasteiger partial charge < -0.3 is 5.32 Å². The summed E-state index contributed by atoms with van der Waals surface area (Å²) in [7, 11) is 0. The smallest absolute Gasteiger partial charge is 0.0991 e. The number of hydrogen-bond acceptors (Lipinski definition) is 2. The number of nitrogens with zero attached hydrogens (tertiary/aromatic N) is 1. The van der Waals surface area contributed by atoms with E-state index in [2.05, 4.69) is 42.6 Å². The average Bonchev–Trinajstić information content (AvgIpc) is 2.42. The van der Waals surface area contributed by atoms with E-state index in [4.69, 9.17) is 5.26 Å². The third-order valence-corrected chi connectivity index (χ3v) is 2.86. The molecule has 0 saturated heterocycles. The lowest BCUT2D eigenvalue weighted by Crippen LogP contribution is -2.12. The van der Waals surface area contributed by atoms with Gasteiger partial charge in [0, 0.05) is 13.1 Å². The van der Waals surface area contributed by atoms with Crippen molar-refractivity contribution in [2.24, 2.45) is 0 Å². The largest absolute Gasteiger partial charge is 0.309 e. The molecule has 0 heterocycles. The number of hydrogen-bond donors (Lipinski definition) is 1. The Morgan fingerprint density at radius 3 is 1.89 bits per heavy atom. The van der Waals surface area contributed by atoms with Crippen LogP contribution in [-0.4, -0.2) is 0 Å². The summed E-state index contributed by atoms with van der Waals surface area (Å²) in [5, 5.41) is 12.1. The monoisotopic (exact) mass is 236 g/mol. The third-order valence-electron chi connectivity index (χ3n) is 2.86. The number of nitriles is 1. The Balaban J connectivity index is 1.84. The summed E-state index contributed by atoms with van der Waals surface area (Å²) in [6.07, 6.45) is 0. The van der Waals surface area contributed by atoms with Gasteiger partial charge in [0.05, 0.1) is 11.6 Å². The van der Waals surface area contributed by atoms with Crippen molar-refractivity contribution < 1.29 is 0 Å². The molecule has 0 saturated carbocycles. The standard InChI is InChI=1S/C16H16N2/c1-13-2-4-15(5-3-13)11-18-12-16-8-6-14(10-17)7-9-16/h2-9,18H,11-12H2,1H3. The lowest BCUT2D eigenvalue weighted by atomic mass is 10.1. The quantitative estimate of drug-likeness (QED) is 0.885. The molecule has 18 heavy (non-hydrogen) atoms. The van der Waals surface area contributed by atoms with Gasteiger partial charge in [0.15, 0.2) is 0 Å². The molecule has 90 valence electrons. The molecule has 0 radical (unpaired) electrons. The molecule has 2 heteroatoms. The van der Waals surface area contributed by atoms with Crippen molar-refractivity contribution in [3.63, 3.8) is 0 Å². The van der Waals surface area contributed by atoms with Gasteiger partial charge in [-0.05, 0) is 30.2 Å². The first-order valence-electron chi connectivity index (χ1n) is 6.03. The summed E-state index contributed by atoms with van der Waals surface area (Å²) in [4.78, 5) is 0. The highest BCUT2D eigenvalue weighted by Crippen LogP contribution is 2.05. The minimum Gasteiger partial charge on any atom is -0.309 e. The highest BCUT2D eigenvalue weighted by Gasteiger charge is 1.95. The zero-order valence-corrected chi connectivity index (χ0v) is 10.5. The highest BCUT2D eigenvalue weighted by atomic mass is 14.8. The van der Waals surface area contributed by atoms with Crippen molar-refractivity contribution in [2.75, 3.05) is 0 Å². The Labute approximate surface area is 108 Å². The number of rotatable bonds is 4. The van der Waals surface area contributed by atoms with E-state index >= 15 is 0 Å². The molecule has 0 aliphatic rings. The van der Waals surface area contributed by atoms with Crippen molar-refractivity contribution in [2.45, 2.75) is 20.0 Å². The van der Waals surface area contributed by atoms with Crippen molar-refractivity contribution in [3.05, 3.63) is 70.8 Å². The zero-order valence-electron chi connectivity index (χ0n) is 10.5. The second-order valence-electron chi connectivity index (χ2n) is 4.40. The Morgan fingerprint density at radius 2 is 1.39 bits per heavy atom. The highest BCUT2D eigenvalue weighted by molar-refractivity contribution is 5.31. The molecule has 2 aromatic rings. The second kappa shape index (κ2) is 6.00. The average molecular weight is 236 g/mol. The van der Waals surface area contributed by atoms with Crippen LogP contribution in [0.5, 0.6) is 0 Å². The van der Waals surface area contributed by atoms with Crippen LogP contribution in [0.25, 0.3) is 0 Å². The fraction of sp³-hybridized carbons (Fsp3) is 0.188. The van der Waals surface area contributed by atoms with Gasteiger partial charge in [-0.1, -0.05) is 42.0 Å². The fourth-order valence-electron chi connectivity index (χ4n) is 1.75. The van der Waals surface area contributed by atoms with E-state index in [1.807, 2.05) is 24.3 Å². The lowest BCUT2D eigenvalue weighted by Gasteiger charge is -2.05. The van der Waals surface area contributed by atoms with Crippen LogP contribution in [0, 0.1) is 18.3 Å². The van der Waals surface area contributed by atoms with E-state index in [1.165, 1.54) is 16.7 Å².